The van der Waals surface area contributed by atoms with Crippen molar-refractivity contribution in [2.24, 2.45) is 0 Å². The summed E-state index contributed by atoms with van der Waals surface area (Å²) in [6, 6.07) is 3.77. The van der Waals surface area contributed by atoms with Gasteiger partial charge in [0, 0.05) is 17.9 Å². The molecular weight excluding hydrogens is 208 g/mol. The Kier molecular flexibility index (Phi) is 4.73. The third-order valence-electron chi connectivity index (χ3n) is 1.58. The monoisotopic (exact) mass is 220 g/mol. The standard InChI is InChI=1S/C9H13ClO2S/c1-2-12-6-7(11)5-8-3-4-9(10)13-8/h3-4,7,11H,2,5-6H2,1H3. The van der Waals surface area contributed by atoms with Crippen molar-refractivity contribution >= 4 is 22.9 Å². The lowest BCUT2D eigenvalue weighted by Gasteiger charge is -2.08. The smallest absolute Gasteiger partial charge is 0.0931 e. The first kappa shape index (κ1) is 11.0. The van der Waals surface area contributed by atoms with E-state index in [0.717, 1.165) is 9.21 Å². The van der Waals surface area contributed by atoms with Gasteiger partial charge in [-0.3, -0.25) is 0 Å². The highest BCUT2D eigenvalue weighted by atomic mass is 35.5. The predicted molar refractivity (Wildman–Crippen MR) is 55.5 cm³/mol. The summed E-state index contributed by atoms with van der Waals surface area (Å²) in [6.45, 7) is 2.95. The Morgan fingerprint density at radius 1 is 1.62 bits per heavy atom. The van der Waals surface area contributed by atoms with Crippen molar-refractivity contribution < 1.29 is 9.84 Å². The van der Waals surface area contributed by atoms with Gasteiger partial charge in [-0.05, 0) is 19.1 Å². The van der Waals surface area contributed by atoms with E-state index >= 15 is 0 Å². The zero-order chi connectivity index (χ0) is 9.68. The lowest BCUT2D eigenvalue weighted by molar-refractivity contribution is 0.0434. The molecule has 0 radical (unpaired) electrons. The van der Waals surface area contributed by atoms with Gasteiger partial charge >= 0.3 is 0 Å². The minimum absolute atomic E-state index is 0.395. The Bertz CT molecular complexity index is 250. The van der Waals surface area contributed by atoms with Crippen LogP contribution >= 0.6 is 22.9 Å². The van der Waals surface area contributed by atoms with Crippen molar-refractivity contribution in [3.8, 4) is 0 Å². The first-order valence-corrected chi connectivity index (χ1v) is 5.42. The topological polar surface area (TPSA) is 29.5 Å². The number of hydrogen-bond acceptors (Lipinski definition) is 3. The fraction of sp³-hybridized carbons (Fsp3) is 0.556. The maximum atomic E-state index is 9.48. The molecule has 0 saturated carbocycles. The number of hydrogen-bond donors (Lipinski definition) is 1. The summed E-state index contributed by atoms with van der Waals surface area (Å²) in [6.07, 6.45) is 0.201. The van der Waals surface area contributed by atoms with E-state index in [1.165, 1.54) is 11.3 Å². The molecule has 2 nitrogen and oxygen atoms in total. The second kappa shape index (κ2) is 5.60. The number of thiophene rings is 1. The fourth-order valence-corrected chi connectivity index (χ4v) is 2.17. The Balaban J connectivity index is 2.31. The van der Waals surface area contributed by atoms with Crippen LogP contribution in [0.1, 0.15) is 11.8 Å². The van der Waals surface area contributed by atoms with Crippen molar-refractivity contribution in [3.05, 3.63) is 21.3 Å². The first-order valence-electron chi connectivity index (χ1n) is 4.22. The third-order valence-corrected chi connectivity index (χ3v) is 2.83. The van der Waals surface area contributed by atoms with Crippen LogP contribution in [-0.2, 0) is 11.2 Å². The molecule has 0 bridgehead atoms. The van der Waals surface area contributed by atoms with E-state index in [0.29, 0.717) is 19.6 Å². The second-order valence-electron chi connectivity index (χ2n) is 2.72. The van der Waals surface area contributed by atoms with Gasteiger partial charge in [-0.2, -0.15) is 0 Å². The highest BCUT2D eigenvalue weighted by Gasteiger charge is 2.06. The molecule has 1 unspecified atom stereocenters. The molecule has 1 N–H and O–H groups in total. The predicted octanol–water partition coefficient (Wildman–Crippen LogP) is 2.34. The number of aliphatic hydroxyl groups excluding tert-OH is 1. The van der Waals surface area contributed by atoms with Crippen LogP contribution in [0.15, 0.2) is 12.1 Å². The molecule has 0 aliphatic heterocycles. The first-order chi connectivity index (χ1) is 6.22. The molecule has 0 fully saturated rings. The van der Waals surface area contributed by atoms with Gasteiger partial charge < -0.3 is 9.84 Å². The molecule has 0 aliphatic carbocycles. The number of ether oxygens (including phenoxy) is 1. The Hall–Kier alpha value is -0.0900. The van der Waals surface area contributed by atoms with E-state index in [9.17, 15) is 5.11 Å². The van der Waals surface area contributed by atoms with Crippen LogP contribution < -0.4 is 0 Å². The van der Waals surface area contributed by atoms with Gasteiger partial charge in [-0.15, -0.1) is 11.3 Å². The summed E-state index contributed by atoms with van der Waals surface area (Å²) in [5.41, 5.74) is 0. The van der Waals surface area contributed by atoms with Crippen molar-refractivity contribution in [1.82, 2.24) is 0 Å². The van der Waals surface area contributed by atoms with Crippen molar-refractivity contribution in [2.45, 2.75) is 19.4 Å². The number of rotatable bonds is 5. The highest BCUT2D eigenvalue weighted by molar-refractivity contribution is 7.16. The largest absolute Gasteiger partial charge is 0.390 e. The molecule has 0 spiro atoms. The zero-order valence-corrected chi connectivity index (χ0v) is 9.07. The Morgan fingerprint density at radius 3 is 2.92 bits per heavy atom. The van der Waals surface area contributed by atoms with Gasteiger partial charge in [-0.25, -0.2) is 0 Å². The SMILES string of the molecule is CCOCC(O)Cc1ccc(Cl)s1. The molecule has 4 heteroatoms. The van der Waals surface area contributed by atoms with E-state index in [-0.39, 0.29) is 0 Å². The van der Waals surface area contributed by atoms with Crippen LogP contribution in [-0.4, -0.2) is 24.4 Å². The van der Waals surface area contributed by atoms with Crippen LogP contribution in [0.5, 0.6) is 0 Å². The van der Waals surface area contributed by atoms with Crippen molar-refractivity contribution in [3.63, 3.8) is 0 Å². The van der Waals surface area contributed by atoms with Gasteiger partial charge in [0.2, 0.25) is 0 Å². The number of aliphatic hydroxyl groups is 1. The molecule has 74 valence electrons. The summed E-state index contributed by atoms with van der Waals surface area (Å²) in [4.78, 5) is 1.09. The summed E-state index contributed by atoms with van der Waals surface area (Å²) >= 11 is 7.25. The lowest BCUT2D eigenvalue weighted by Crippen LogP contribution is -2.17. The van der Waals surface area contributed by atoms with Gasteiger partial charge in [0.05, 0.1) is 17.0 Å². The van der Waals surface area contributed by atoms with Gasteiger partial charge in [0.15, 0.2) is 0 Å². The summed E-state index contributed by atoms with van der Waals surface area (Å²) < 4.78 is 5.86. The van der Waals surface area contributed by atoms with E-state index < -0.39 is 6.10 Å². The molecule has 1 heterocycles. The quantitative estimate of drug-likeness (QED) is 0.826. The zero-order valence-electron chi connectivity index (χ0n) is 7.50. The molecule has 13 heavy (non-hydrogen) atoms. The van der Waals surface area contributed by atoms with Crippen molar-refractivity contribution in [1.29, 1.82) is 0 Å². The van der Waals surface area contributed by atoms with Crippen LogP contribution in [0.4, 0.5) is 0 Å². The lowest BCUT2D eigenvalue weighted by atomic mass is 10.2. The van der Waals surface area contributed by atoms with Crippen molar-refractivity contribution in [2.75, 3.05) is 13.2 Å². The number of halogens is 1. The molecule has 0 aromatic carbocycles. The molecule has 1 atom stereocenters. The summed E-state index contributed by atoms with van der Waals surface area (Å²) in [7, 11) is 0. The van der Waals surface area contributed by atoms with E-state index in [4.69, 9.17) is 16.3 Å². The fourth-order valence-electron chi connectivity index (χ4n) is 1.01. The second-order valence-corrected chi connectivity index (χ2v) is 4.52. The van der Waals surface area contributed by atoms with Crippen LogP contribution in [0, 0.1) is 0 Å². The summed E-state index contributed by atoms with van der Waals surface area (Å²) in [5, 5.41) is 9.48. The van der Waals surface area contributed by atoms with Crippen LogP contribution in [0.25, 0.3) is 0 Å². The van der Waals surface area contributed by atoms with Gasteiger partial charge in [0.1, 0.15) is 0 Å². The van der Waals surface area contributed by atoms with Gasteiger partial charge in [-0.1, -0.05) is 11.6 Å². The average Bonchev–Trinajstić information content (AvgIpc) is 2.48. The average molecular weight is 221 g/mol. The van der Waals surface area contributed by atoms with E-state index in [1.807, 2.05) is 19.1 Å². The Labute approximate surface area is 87.1 Å². The molecule has 1 aromatic rings. The van der Waals surface area contributed by atoms with E-state index in [2.05, 4.69) is 0 Å². The highest BCUT2D eigenvalue weighted by Crippen LogP contribution is 2.22. The molecule has 1 rings (SSSR count). The molecule has 1 aromatic heterocycles. The Morgan fingerprint density at radius 2 is 2.38 bits per heavy atom. The van der Waals surface area contributed by atoms with Gasteiger partial charge in [0.25, 0.3) is 0 Å². The molecule has 0 aliphatic rings. The normalized spacial score (nSPS) is 13.2. The summed E-state index contributed by atoms with van der Waals surface area (Å²) in [5.74, 6) is 0. The minimum Gasteiger partial charge on any atom is -0.390 e. The molecule has 0 saturated heterocycles. The minimum atomic E-state index is -0.422. The van der Waals surface area contributed by atoms with Crippen LogP contribution in [0.2, 0.25) is 4.34 Å². The molecular formula is C9H13ClO2S. The van der Waals surface area contributed by atoms with Crippen LogP contribution in [0.3, 0.4) is 0 Å². The molecule has 0 amide bonds. The maximum absolute atomic E-state index is 9.48. The van der Waals surface area contributed by atoms with E-state index in [1.54, 1.807) is 0 Å². The maximum Gasteiger partial charge on any atom is 0.0931 e. The third kappa shape index (κ3) is 4.09.